The molecular formula is C23H29NO4S. The first kappa shape index (κ1) is 21.4. The van der Waals surface area contributed by atoms with Crippen LogP contribution in [0.1, 0.15) is 35.3 Å². The molecule has 1 aliphatic heterocycles. The molecule has 0 aliphatic carbocycles. The lowest BCUT2D eigenvalue weighted by atomic mass is 9.97. The van der Waals surface area contributed by atoms with Crippen molar-refractivity contribution in [3.8, 4) is 11.5 Å². The van der Waals surface area contributed by atoms with E-state index in [4.69, 9.17) is 9.47 Å². The number of carbonyl (C=O) groups is 1. The molecule has 3 rings (SSSR count). The normalized spacial score (nSPS) is 17.9. The Kier molecular flexibility index (Phi) is 7.34. The van der Waals surface area contributed by atoms with Crippen molar-refractivity contribution in [1.29, 1.82) is 0 Å². The number of benzene rings is 1. The number of likely N-dealkylation sites (tertiary alicyclic amines) is 1. The van der Waals surface area contributed by atoms with Gasteiger partial charge in [-0.1, -0.05) is 12.1 Å². The Morgan fingerprint density at radius 1 is 1.28 bits per heavy atom. The van der Waals surface area contributed by atoms with Crippen molar-refractivity contribution < 1.29 is 19.4 Å². The predicted octanol–water partition coefficient (Wildman–Crippen LogP) is 4.69. The highest BCUT2D eigenvalue weighted by Crippen LogP contribution is 2.36. The largest absolute Gasteiger partial charge is 0.493 e. The standard InChI is InChI=1S/C23H29NO4S/c1-16-10-13-29-22(16)19(17-8-9-20(27-2)21(14-17)28-3)7-5-12-24-11-4-6-18(15-24)23(25)26/h7-10,13-14,18H,4-6,11-12,15H2,1-3H3,(H,25,26)/b19-7-. The highest BCUT2D eigenvalue weighted by Gasteiger charge is 2.24. The number of thiophene rings is 1. The van der Waals surface area contributed by atoms with Crippen LogP contribution in [0.25, 0.3) is 5.57 Å². The molecule has 1 unspecified atom stereocenters. The average molecular weight is 416 g/mol. The van der Waals surface area contributed by atoms with Crippen LogP contribution in [0, 0.1) is 12.8 Å². The topological polar surface area (TPSA) is 59.0 Å². The molecule has 1 fully saturated rings. The predicted molar refractivity (Wildman–Crippen MR) is 117 cm³/mol. The van der Waals surface area contributed by atoms with Crippen LogP contribution in [-0.4, -0.2) is 49.8 Å². The quantitative estimate of drug-likeness (QED) is 0.678. The first-order valence-corrected chi connectivity index (χ1v) is 10.8. The number of hydrogen-bond donors (Lipinski definition) is 1. The summed E-state index contributed by atoms with van der Waals surface area (Å²) in [5.41, 5.74) is 3.53. The smallest absolute Gasteiger partial charge is 0.307 e. The van der Waals surface area contributed by atoms with Gasteiger partial charge in [0.2, 0.25) is 0 Å². The van der Waals surface area contributed by atoms with Gasteiger partial charge in [-0.3, -0.25) is 4.79 Å². The first-order valence-electron chi connectivity index (χ1n) is 9.95. The summed E-state index contributed by atoms with van der Waals surface area (Å²) in [6.45, 7) is 4.61. The lowest BCUT2D eigenvalue weighted by Crippen LogP contribution is -2.39. The van der Waals surface area contributed by atoms with Gasteiger partial charge in [-0.05, 0) is 73.0 Å². The minimum Gasteiger partial charge on any atom is -0.493 e. The molecule has 0 spiro atoms. The Morgan fingerprint density at radius 2 is 2.07 bits per heavy atom. The van der Waals surface area contributed by atoms with Crippen LogP contribution in [0.15, 0.2) is 35.7 Å². The number of aryl methyl sites for hydroxylation is 1. The van der Waals surface area contributed by atoms with E-state index in [0.29, 0.717) is 18.0 Å². The Hall–Kier alpha value is -2.31. The van der Waals surface area contributed by atoms with E-state index in [-0.39, 0.29) is 5.92 Å². The van der Waals surface area contributed by atoms with Crippen molar-refractivity contribution in [3.63, 3.8) is 0 Å². The summed E-state index contributed by atoms with van der Waals surface area (Å²) in [6.07, 6.45) is 4.87. The van der Waals surface area contributed by atoms with Gasteiger partial charge in [0.05, 0.1) is 20.1 Å². The van der Waals surface area contributed by atoms with Crippen molar-refractivity contribution in [2.24, 2.45) is 5.92 Å². The molecule has 1 N–H and O–H groups in total. The maximum atomic E-state index is 11.3. The number of piperidine rings is 1. The Labute approximate surface area is 176 Å². The van der Waals surface area contributed by atoms with Crippen LogP contribution in [-0.2, 0) is 4.79 Å². The van der Waals surface area contributed by atoms with E-state index in [1.807, 2.05) is 12.1 Å². The Balaban J connectivity index is 1.81. The highest BCUT2D eigenvalue weighted by molar-refractivity contribution is 7.11. The fourth-order valence-electron chi connectivity index (χ4n) is 3.85. The SMILES string of the molecule is COc1ccc(/C(=C/CCN2CCCC(C(=O)O)C2)c2sccc2C)cc1OC. The van der Waals surface area contributed by atoms with Crippen LogP contribution in [0.4, 0.5) is 0 Å². The van der Waals surface area contributed by atoms with Gasteiger partial charge in [0, 0.05) is 18.0 Å². The molecule has 0 amide bonds. The average Bonchev–Trinajstić information content (AvgIpc) is 3.16. The number of rotatable bonds is 8. The van der Waals surface area contributed by atoms with E-state index in [1.165, 1.54) is 16.0 Å². The number of carboxylic acids is 1. The maximum Gasteiger partial charge on any atom is 0.307 e. The van der Waals surface area contributed by atoms with Crippen LogP contribution in [0.2, 0.25) is 0 Å². The van der Waals surface area contributed by atoms with Crippen molar-refractivity contribution in [1.82, 2.24) is 4.90 Å². The zero-order chi connectivity index (χ0) is 20.8. The molecule has 1 aliphatic rings. The van der Waals surface area contributed by atoms with E-state index in [2.05, 4.69) is 35.4 Å². The van der Waals surface area contributed by atoms with Crippen molar-refractivity contribution in [2.45, 2.75) is 26.2 Å². The summed E-state index contributed by atoms with van der Waals surface area (Å²) in [5, 5.41) is 11.4. The fraction of sp³-hybridized carbons (Fsp3) is 0.435. The van der Waals surface area contributed by atoms with Crippen LogP contribution in [0.3, 0.4) is 0 Å². The molecule has 156 valence electrons. The Bertz CT molecular complexity index is 874. The molecule has 1 aromatic carbocycles. The molecule has 0 saturated carbocycles. The second-order valence-corrected chi connectivity index (χ2v) is 8.30. The van der Waals surface area contributed by atoms with Gasteiger partial charge >= 0.3 is 5.97 Å². The summed E-state index contributed by atoms with van der Waals surface area (Å²) in [7, 11) is 3.29. The van der Waals surface area contributed by atoms with Crippen molar-refractivity contribution in [3.05, 3.63) is 51.7 Å². The molecule has 1 aromatic heterocycles. The molecule has 29 heavy (non-hydrogen) atoms. The van der Waals surface area contributed by atoms with Crippen LogP contribution >= 0.6 is 11.3 Å². The van der Waals surface area contributed by atoms with Gasteiger partial charge < -0.3 is 19.5 Å². The monoisotopic (exact) mass is 415 g/mol. The highest BCUT2D eigenvalue weighted by atomic mass is 32.1. The van der Waals surface area contributed by atoms with Crippen molar-refractivity contribution in [2.75, 3.05) is 33.9 Å². The van der Waals surface area contributed by atoms with Gasteiger partial charge in [0.1, 0.15) is 0 Å². The number of nitrogens with zero attached hydrogens (tertiary/aromatic N) is 1. The minimum atomic E-state index is -0.675. The summed E-state index contributed by atoms with van der Waals surface area (Å²) >= 11 is 1.73. The molecule has 2 aromatic rings. The molecule has 2 heterocycles. The summed E-state index contributed by atoms with van der Waals surface area (Å²) in [6, 6.07) is 8.16. The molecular weight excluding hydrogens is 386 g/mol. The van der Waals surface area contributed by atoms with Gasteiger partial charge in [-0.2, -0.15) is 0 Å². The molecule has 1 atom stereocenters. The van der Waals surface area contributed by atoms with Gasteiger partial charge in [-0.25, -0.2) is 0 Å². The Morgan fingerprint density at radius 3 is 2.72 bits per heavy atom. The number of ether oxygens (including phenoxy) is 2. The van der Waals surface area contributed by atoms with Gasteiger partial charge in [0.15, 0.2) is 11.5 Å². The number of hydrogen-bond acceptors (Lipinski definition) is 5. The van der Waals surface area contributed by atoms with E-state index in [1.54, 1.807) is 25.6 Å². The van der Waals surface area contributed by atoms with E-state index < -0.39 is 5.97 Å². The summed E-state index contributed by atoms with van der Waals surface area (Å²) in [4.78, 5) is 14.8. The van der Waals surface area contributed by atoms with Gasteiger partial charge in [0.25, 0.3) is 0 Å². The molecule has 0 radical (unpaired) electrons. The molecule has 1 saturated heterocycles. The van der Waals surface area contributed by atoms with Crippen LogP contribution < -0.4 is 9.47 Å². The third kappa shape index (κ3) is 5.19. The molecule has 6 heteroatoms. The zero-order valence-electron chi connectivity index (χ0n) is 17.3. The lowest BCUT2D eigenvalue weighted by molar-refractivity contribution is -0.143. The zero-order valence-corrected chi connectivity index (χ0v) is 18.1. The second-order valence-electron chi connectivity index (χ2n) is 7.39. The fourth-order valence-corrected chi connectivity index (χ4v) is 4.84. The third-order valence-electron chi connectivity index (χ3n) is 5.45. The van der Waals surface area contributed by atoms with Crippen LogP contribution in [0.5, 0.6) is 11.5 Å². The summed E-state index contributed by atoms with van der Waals surface area (Å²) in [5.74, 6) is 0.514. The van der Waals surface area contributed by atoms with Crippen molar-refractivity contribution >= 4 is 22.9 Å². The lowest BCUT2D eigenvalue weighted by Gasteiger charge is -2.30. The molecule has 0 bridgehead atoms. The summed E-state index contributed by atoms with van der Waals surface area (Å²) < 4.78 is 10.9. The van der Waals surface area contributed by atoms with E-state index >= 15 is 0 Å². The van der Waals surface area contributed by atoms with Gasteiger partial charge in [-0.15, -0.1) is 11.3 Å². The molecule has 5 nitrogen and oxygen atoms in total. The van der Waals surface area contributed by atoms with E-state index in [9.17, 15) is 9.90 Å². The first-order chi connectivity index (χ1) is 14.0. The maximum absolute atomic E-state index is 11.3. The number of carboxylic acid groups (broad SMARTS) is 1. The number of aliphatic carboxylic acids is 1. The second kappa shape index (κ2) is 9.94. The third-order valence-corrected chi connectivity index (χ3v) is 6.50. The van der Waals surface area contributed by atoms with E-state index in [0.717, 1.165) is 37.9 Å². The minimum absolute atomic E-state index is 0.238. The number of methoxy groups -OCH3 is 2.